The summed E-state index contributed by atoms with van der Waals surface area (Å²) in [5, 5.41) is 0. The highest BCUT2D eigenvalue weighted by Crippen LogP contribution is 2.33. The number of imidazole rings is 1. The Kier molecular flexibility index (Phi) is 4.67. The molecule has 4 nitrogen and oxygen atoms in total. The van der Waals surface area contributed by atoms with Gasteiger partial charge in [-0.15, -0.1) is 0 Å². The van der Waals surface area contributed by atoms with Crippen LogP contribution in [0.25, 0.3) is 17.2 Å². The van der Waals surface area contributed by atoms with Gasteiger partial charge in [0.05, 0.1) is 11.3 Å². The van der Waals surface area contributed by atoms with Gasteiger partial charge in [0.2, 0.25) is 5.95 Å². The standard InChI is InChI=1S/C15H7F6IN4/c16-14(17,18)9-3-1-8(2-4-9)10-5-11(15(19,20)21)25-13(24-10)26-6-12(22)23-7-26/h1-7H. The summed E-state index contributed by atoms with van der Waals surface area (Å²) in [6.45, 7) is 0. The second kappa shape index (κ2) is 6.52. The molecule has 0 aliphatic rings. The Labute approximate surface area is 156 Å². The van der Waals surface area contributed by atoms with Gasteiger partial charge in [0, 0.05) is 11.8 Å². The van der Waals surface area contributed by atoms with E-state index in [4.69, 9.17) is 0 Å². The van der Waals surface area contributed by atoms with E-state index in [9.17, 15) is 26.3 Å². The van der Waals surface area contributed by atoms with Crippen LogP contribution in [0.1, 0.15) is 11.3 Å². The van der Waals surface area contributed by atoms with Crippen molar-refractivity contribution in [2.45, 2.75) is 12.4 Å². The molecule has 2 aromatic heterocycles. The number of nitrogens with zero attached hydrogens (tertiary/aromatic N) is 4. The second-order valence-electron chi connectivity index (χ2n) is 5.11. The van der Waals surface area contributed by atoms with Gasteiger partial charge in [-0.3, -0.25) is 4.57 Å². The van der Waals surface area contributed by atoms with Crippen LogP contribution in [0.3, 0.4) is 0 Å². The molecule has 0 saturated heterocycles. The molecule has 11 heteroatoms. The third-order valence-corrected chi connectivity index (χ3v) is 3.85. The van der Waals surface area contributed by atoms with Crippen LogP contribution < -0.4 is 0 Å². The number of hydrogen-bond donors (Lipinski definition) is 0. The zero-order chi connectivity index (χ0) is 19.1. The first-order valence-corrected chi connectivity index (χ1v) is 7.96. The summed E-state index contributed by atoms with van der Waals surface area (Å²) >= 11 is 1.87. The van der Waals surface area contributed by atoms with Crippen molar-refractivity contribution in [2.24, 2.45) is 0 Å². The van der Waals surface area contributed by atoms with Crippen LogP contribution in [-0.4, -0.2) is 19.5 Å². The van der Waals surface area contributed by atoms with Crippen LogP contribution in [0, 0.1) is 3.70 Å². The molecule has 3 aromatic rings. The molecule has 2 heterocycles. The quantitative estimate of drug-likeness (QED) is 0.381. The number of halogens is 7. The van der Waals surface area contributed by atoms with E-state index < -0.39 is 23.6 Å². The molecule has 0 bridgehead atoms. The third kappa shape index (κ3) is 3.97. The Morgan fingerprint density at radius 3 is 2.04 bits per heavy atom. The predicted octanol–water partition coefficient (Wildman–Crippen LogP) is 4.97. The lowest BCUT2D eigenvalue weighted by Gasteiger charge is -2.12. The van der Waals surface area contributed by atoms with E-state index >= 15 is 0 Å². The summed E-state index contributed by atoms with van der Waals surface area (Å²) in [6, 6.07) is 4.38. The Hall–Kier alpha value is -2.18. The van der Waals surface area contributed by atoms with Crippen LogP contribution in [0.2, 0.25) is 0 Å². The van der Waals surface area contributed by atoms with Gasteiger partial charge < -0.3 is 0 Å². The molecule has 0 unspecified atom stereocenters. The van der Waals surface area contributed by atoms with Gasteiger partial charge >= 0.3 is 12.4 Å². The van der Waals surface area contributed by atoms with E-state index in [0.717, 1.165) is 24.3 Å². The molecule has 1 aromatic carbocycles. The predicted molar refractivity (Wildman–Crippen MR) is 87.3 cm³/mol. The number of hydrogen-bond acceptors (Lipinski definition) is 3. The van der Waals surface area contributed by atoms with Gasteiger partial charge in [-0.2, -0.15) is 26.3 Å². The summed E-state index contributed by atoms with van der Waals surface area (Å²) in [6.07, 6.45) is -6.62. The van der Waals surface area contributed by atoms with Crippen LogP contribution in [0.15, 0.2) is 42.9 Å². The summed E-state index contributed by atoms with van der Waals surface area (Å²) in [5.74, 6) is -0.287. The Morgan fingerprint density at radius 2 is 1.54 bits per heavy atom. The van der Waals surface area contributed by atoms with Crippen molar-refractivity contribution in [2.75, 3.05) is 0 Å². The fourth-order valence-electron chi connectivity index (χ4n) is 2.08. The summed E-state index contributed by atoms with van der Waals surface area (Å²) in [4.78, 5) is 11.4. The smallest absolute Gasteiger partial charge is 0.273 e. The van der Waals surface area contributed by atoms with E-state index in [2.05, 4.69) is 15.0 Å². The fraction of sp³-hybridized carbons (Fsp3) is 0.133. The minimum absolute atomic E-state index is 0.0990. The van der Waals surface area contributed by atoms with Gasteiger partial charge in [0.1, 0.15) is 10.0 Å². The molecular formula is C15H7F6IN4. The summed E-state index contributed by atoms with van der Waals surface area (Å²) < 4.78 is 79.1. The van der Waals surface area contributed by atoms with Crippen LogP contribution >= 0.6 is 22.6 Å². The fourth-order valence-corrected chi connectivity index (χ4v) is 2.51. The Morgan fingerprint density at radius 1 is 0.885 bits per heavy atom. The topological polar surface area (TPSA) is 43.6 Å². The molecule has 0 N–H and O–H groups in total. The first-order chi connectivity index (χ1) is 12.0. The lowest BCUT2D eigenvalue weighted by molar-refractivity contribution is -0.141. The Bertz CT molecular complexity index is 931. The van der Waals surface area contributed by atoms with E-state index in [1.54, 1.807) is 0 Å². The minimum atomic E-state index is -4.74. The maximum absolute atomic E-state index is 13.1. The molecule has 0 spiro atoms. The zero-order valence-corrected chi connectivity index (χ0v) is 14.6. The van der Waals surface area contributed by atoms with Crippen molar-refractivity contribution in [1.82, 2.24) is 19.5 Å². The minimum Gasteiger partial charge on any atom is -0.273 e. The molecule has 0 amide bonds. The molecule has 0 atom stereocenters. The number of rotatable bonds is 2. The average Bonchev–Trinajstić information content (AvgIpc) is 2.99. The van der Waals surface area contributed by atoms with Gasteiger partial charge in [-0.1, -0.05) is 12.1 Å². The average molecular weight is 484 g/mol. The van der Waals surface area contributed by atoms with Crippen LogP contribution in [0.5, 0.6) is 0 Å². The highest BCUT2D eigenvalue weighted by Gasteiger charge is 2.34. The van der Waals surface area contributed by atoms with E-state index in [-0.39, 0.29) is 17.2 Å². The van der Waals surface area contributed by atoms with E-state index in [1.807, 2.05) is 22.6 Å². The maximum Gasteiger partial charge on any atom is 0.433 e. The molecule has 0 saturated carbocycles. The normalized spacial score (nSPS) is 12.4. The van der Waals surface area contributed by atoms with Crippen molar-refractivity contribution in [3.63, 3.8) is 0 Å². The third-order valence-electron chi connectivity index (χ3n) is 3.29. The van der Waals surface area contributed by atoms with Gasteiger partial charge in [-0.05, 0) is 40.8 Å². The lowest BCUT2D eigenvalue weighted by atomic mass is 10.1. The Balaban J connectivity index is 2.11. The second-order valence-corrected chi connectivity index (χ2v) is 6.22. The van der Waals surface area contributed by atoms with Crippen molar-refractivity contribution >= 4 is 22.6 Å². The molecule has 0 radical (unpaired) electrons. The van der Waals surface area contributed by atoms with Crippen molar-refractivity contribution in [1.29, 1.82) is 0 Å². The first-order valence-electron chi connectivity index (χ1n) is 6.88. The summed E-state index contributed by atoms with van der Waals surface area (Å²) in [5.41, 5.74) is -2.17. The van der Waals surface area contributed by atoms with Gasteiger partial charge in [0.25, 0.3) is 0 Å². The van der Waals surface area contributed by atoms with Crippen molar-refractivity contribution in [3.05, 3.63) is 57.8 Å². The lowest BCUT2D eigenvalue weighted by Crippen LogP contribution is -2.12. The SMILES string of the molecule is FC(F)(F)c1ccc(-c2cc(C(F)(F)F)nc(-n3cnc(I)c3)n2)cc1. The number of benzene rings is 1. The molecule has 0 fully saturated rings. The molecular weight excluding hydrogens is 477 g/mol. The molecule has 3 rings (SSSR count). The first kappa shape index (κ1) is 18.6. The van der Waals surface area contributed by atoms with Gasteiger partial charge in [0.15, 0.2) is 5.69 Å². The van der Waals surface area contributed by atoms with Gasteiger partial charge in [-0.25, -0.2) is 15.0 Å². The number of alkyl halides is 6. The summed E-state index contributed by atoms with van der Waals surface area (Å²) in [7, 11) is 0. The monoisotopic (exact) mass is 484 g/mol. The van der Waals surface area contributed by atoms with Crippen molar-refractivity contribution in [3.8, 4) is 17.2 Å². The largest absolute Gasteiger partial charge is 0.433 e. The highest BCUT2D eigenvalue weighted by atomic mass is 127. The molecule has 0 aliphatic heterocycles. The highest BCUT2D eigenvalue weighted by molar-refractivity contribution is 14.1. The van der Waals surface area contributed by atoms with Crippen molar-refractivity contribution < 1.29 is 26.3 Å². The van der Waals surface area contributed by atoms with Crippen LogP contribution in [0.4, 0.5) is 26.3 Å². The molecule has 0 aliphatic carbocycles. The van der Waals surface area contributed by atoms with E-state index in [1.165, 1.54) is 17.1 Å². The molecule has 26 heavy (non-hydrogen) atoms. The van der Waals surface area contributed by atoms with Crippen LogP contribution in [-0.2, 0) is 12.4 Å². The van der Waals surface area contributed by atoms with E-state index in [0.29, 0.717) is 9.77 Å². The zero-order valence-electron chi connectivity index (χ0n) is 12.5. The number of aromatic nitrogens is 4. The maximum atomic E-state index is 13.1. The molecule has 136 valence electrons.